The van der Waals surface area contributed by atoms with E-state index in [0.29, 0.717) is 6.42 Å². The van der Waals surface area contributed by atoms with E-state index in [1.54, 1.807) is 0 Å². The summed E-state index contributed by atoms with van der Waals surface area (Å²) >= 11 is 0. The second kappa shape index (κ2) is 39.4. The van der Waals surface area contributed by atoms with Crippen molar-refractivity contribution in [1.82, 2.24) is 5.32 Å². The van der Waals surface area contributed by atoms with E-state index >= 15 is 0 Å². The van der Waals surface area contributed by atoms with Gasteiger partial charge in [-0.05, 0) is 57.8 Å². The van der Waals surface area contributed by atoms with Crippen molar-refractivity contribution in [3.05, 3.63) is 60.8 Å². The van der Waals surface area contributed by atoms with Gasteiger partial charge in [-0.1, -0.05) is 158 Å². The molecule has 0 rings (SSSR count). The lowest BCUT2D eigenvalue weighted by atomic mass is 10.0. The van der Waals surface area contributed by atoms with Crippen molar-refractivity contribution >= 4 is 19.7 Å². The van der Waals surface area contributed by atoms with E-state index in [1.807, 2.05) is 0 Å². The summed E-state index contributed by atoms with van der Waals surface area (Å²) in [5, 5.41) is 12.6. The summed E-state index contributed by atoms with van der Waals surface area (Å²) in [6.07, 6.45) is 45.8. The first-order chi connectivity index (χ1) is 25.8. The maximum atomic E-state index is 12.1. The lowest BCUT2D eigenvalue weighted by molar-refractivity contribution is -0.147. The molecule has 0 spiro atoms. The predicted molar refractivity (Wildman–Crippen MR) is 220 cm³/mol. The van der Waals surface area contributed by atoms with Crippen LogP contribution >= 0.6 is 7.82 Å². The number of aliphatic hydroxyl groups excluding tert-OH is 1. The zero-order valence-electron chi connectivity index (χ0n) is 33.4. The van der Waals surface area contributed by atoms with Gasteiger partial charge in [-0.2, -0.15) is 0 Å². The summed E-state index contributed by atoms with van der Waals surface area (Å²) in [6.45, 7) is 3.38. The van der Waals surface area contributed by atoms with E-state index < -0.39 is 26.5 Å². The van der Waals surface area contributed by atoms with Crippen molar-refractivity contribution in [2.24, 2.45) is 0 Å². The van der Waals surface area contributed by atoms with Crippen LogP contribution in [0.1, 0.15) is 168 Å². The van der Waals surface area contributed by atoms with Crippen LogP contribution in [-0.2, 0) is 27.9 Å². The third kappa shape index (κ3) is 40.7. The number of allylic oxidation sites excluding steroid dienone is 10. The van der Waals surface area contributed by atoms with Gasteiger partial charge >= 0.3 is 13.8 Å². The molecule has 0 fully saturated rings. The molecule has 0 heterocycles. The van der Waals surface area contributed by atoms with Crippen molar-refractivity contribution in [2.75, 3.05) is 26.4 Å². The van der Waals surface area contributed by atoms with E-state index in [1.165, 1.54) is 64.2 Å². The highest BCUT2D eigenvalue weighted by atomic mass is 31.2. The van der Waals surface area contributed by atoms with Crippen LogP contribution in [0.2, 0.25) is 0 Å². The molecular weight excluding hydrogens is 689 g/mol. The first kappa shape index (κ1) is 50.7. The van der Waals surface area contributed by atoms with Crippen LogP contribution in [0, 0.1) is 0 Å². The summed E-state index contributed by atoms with van der Waals surface area (Å²) in [7, 11) is -4.42. The van der Waals surface area contributed by atoms with Gasteiger partial charge in [-0.25, -0.2) is 4.57 Å². The Hall–Kier alpha value is -2.29. The van der Waals surface area contributed by atoms with Gasteiger partial charge < -0.3 is 20.1 Å². The highest BCUT2D eigenvalue weighted by Gasteiger charge is 2.23. The molecule has 0 radical (unpaired) electrons. The minimum Gasteiger partial charge on any atom is -0.463 e. The number of carbonyl (C=O) groups excluding carboxylic acids is 2. The Morgan fingerprint density at radius 3 is 1.62 bits per heavy atom. The first-order valence-electron chi connectivity index (χ1n) is 20.8. The molecular formula is C43H76NO8P. The number of amides is 1. The number of carbonyl (C=O) groups is 2. The number of ether oxygens (including phenoxy) is 1. The van der Waals surface area contributed by atoms with Crippen LogP contribution in [0.4, 0.5) is 0 Å². The van der Waals surface area contributed by atoms with Crippen molar-refractivity contribution in [2.45, 2.75) is 174 Å². The topological polar surface area (TPSA) is 131 Å². The van der Waals surface area contributed by atoms with E-state index in [-0.39, 0.29) is 32.1 Å². The van der Waals surface area contributed by atoms with Gasteiger partial charge in [-0.3, -0.25) is 18.6 Å². The molecule has 3 N–H and O–H groups in total. The van der Waals surface area contributed by atoms with Crippen LogP contribution in [-0.4, -0.2) is 54.3 Å². The smallest absolute Gasteiger partial charge is 0.463 e. The second-order valence-electron chi connectivity index (χ2n) is 13.6. The number of unbranched alkanes of at least 4 members (excludes halogenated alkanes) is 15. The summed E-state index contributed by atoms with van der Waals surface area (Å²) in [6, 6.07) is 0. The molecule has 0 saturated heterocycles. The molecule has 0 aliphatic carbocycles. The van der Waals surface area contributed by atoms with Crippen molar-refractivity contribution < 1.29 is 37.9 Å². The minimum absolute atomic E-state index is 0.0616. The summed E-state index contributed by atoms with van der Waals surface area (Å²) < 4.78 is 26.8. The van der Waals surface area contributed by atoms with Gasteiger partial charge in [0, 0.05) is 19.4 Å². The van der Waals surface area contributed by atoms with Gasteiger partial charge in [-0.15, -0.1) is 0 Å². The Balaban J connectivity index is 3.68. The maximum absolute atomic E-state index is 12.1. The molecule has 0 aromatic heterocycles. The number of rotatable bonds is 38. The lowest BCUT2D eigenvalue weighted by Crippen LogP contribution is -2.27. The molecule has 53 heavy (non-hydrogen) atoms. The average Bonchev–Trinajstić information content (AvgIpc) is 3.14. The molecule has 0 aliphatic rings. The fourth-order valence-electron chi connectivity index (χ4n) is 5.35. The van der Waals surface area contributed by atoms with Crippen LogP contribution in [0.15, 0.2) is 60.8 Å². The highest BCUT2D eigenvalue weighted by molar-refractivity contribution is 7.47. The van der Waals surface area contributed by atoms with E-state index in [9.17, 15) is 24.2 Å². The van der Waals surface area contributed by atoms with Gasteiger partial charge in [0.05, 0.1) is 13.2 Å². The molecule has 0 aliphatic heterocycles. The molecule has 10 heteroatoms. The molecule has 306 valence electrons. The van der Waals surface area contributed by atoms with Gasteiger partial charge in [0.1, 0.15) is 12.7 Å². The fraction of sp³-hybridized carbons (Fsp3) is 0.721. The number of nitrogens with one attached hydrogen (secondary N) is 1. The monoisotopic (exact) mass is 766 g/mol. The summed E-state index contributed by atoms with van der Waals surface area (Å²) in [5.74, 6) is -0.551. The summed E-state index contributed by atoms with van der Waals surface area (Å²) in [4.78, 5) is 33.8. The van der Waals surface area contributed by atoms with Crippen LogP contribution in [0.3, 0.4) is 0 Å². The molecule has 2 unspecified atom stereocenters. The lowest BCUT2D eigenvalue weighted by Gasteiger charge is -2.15. The molecule has 0 saturated carbocycles. The number of hydrogen-bond donors (Lipinski definition) is 3. The quantitative estimate of drug-likeness (QED) is 0.0245. The second-order valence-corrected chi connectivity index (χ2v) is 15.0. The fourth-order valence-corrected chi connectivity index (χ4v) is 6.10. The molecule has 0 bridgehead atoms. The number of hydrogen-bond acceptors (Lipinski definition) is 7. The Morgan fingerprint density at radius 2 is 1.08 bits per heavy atom. The average molecular weight is 766 g/mol. The number of aliphatic hydroxyl groups is 1. The minimum atomic E-state index is -4.42. The Morgan fingerprint density at radius 1 is 0.604 bits per heavy atom. The standard InChI is InChI=1S/C43H76NO8P/c1-3-5-7-9-11-13-15-17-18-19-20-21-22-24-25-27-29-31-33-35-42(46)44-37-38-51-53(48,49)52-40-41(45)39-50-43(47)36-34-32-30-28-26-23-16-14-12-10-8-6-4-2/h5,7,11,13,17-18,20-21,24-25,41,45H,3-4,6,8-10,12,14-16,19,22-23,26-40H2,1-2H3,(H,44,46)(H,48,49)/b7-5-,13-11-,18-17-,21-20-,25-24-. The van der Waals surface area contributed by atoms with E-state index in [2.05, 4.69) is 79.9 Å². The van der Waals surface area contributed by atoms with Gasteiger partial charge in [0.15, 0.2) is 0 Å². The third-order valence-corrected chi connectivity index (χ3v) is 9.45. The zero-order valence-corrected chi connectivity index (χ0v) is 34.3. The van der Waals surface area contributed by atoms with Gasteiger partial charge in [0.2, 0.25) is 5.91 Å². The SMILES string of the molecule is CC/C=C\C/C=C\C/C=C\C/C=C\C/C=C\CCCCCC(=O)NCCOP(=O)(O)OCC(O)COC(=O)CCCCCCCCCCCCCCC. The number of phosphoric ester groups is 1. The number of phosphoric acid groups is 1. The van der Waals surface area contributed by atoms with Crippen molar-refractivity contribution in [1.29, 1.82) is 0 Å². The maximum Gasteiger partial charge on any atom is 0.472 e. The van der Waals surface area contributed by atoms with Gasteiger partial charge in [0.25, 0.3) is 0 Å². The molecule has 0 aromatic rings. The van der Waals surface area contributed by atoms with Crippen molar-refractivity contribution in [3.8, 4) is 0 Å². The summed E-state index contributed by atoms with van der Waals surface area (Å²) in [5.41, 5.74) is 0. The largest absolute Gasteiger partial charge is 0.472 e. The number of esters is 1. The molecule has 2 atom stereocenters. The van der Waals surface area contributed by atoms with Crippen LogP contribution < -0.4 is 5.32 Å². The molecule has 9 nitrogen and oxygen atoms in total. The molecule has 0 aromatic carbocycles. The normalized spacial score (nSPS) is 14.0. The van der Waals surface area contributed by atoms with E-state index in [4.69, 9.17) is 13.8 Å². The zero-order chi connectivity index (χ0) is 38.9. The molecule has 1 amide bonds. The van der Waals surface area contributed by atoms with E-state index in [0.717, 1.165) is 77.0 Å². The Kier molecular flexibility index (Phi) is 37.7. The first-order valence-corrected chi connectivity index (χ1v) is 22.3. The highest BCUT2D eigenvalue weighted by Crippen LogP contribution is 2.42. The van der Waals surface area contributed by atoms with Crippen LogP contribution in [0.25, 0.3) is 0 Å². The Labute approximate surface area is 323 Å². The predicted octanol–water partition coefficient (Wildman–Crippen LogP) is 11.3. The van der Waals surface area contributed by atoms with Crippen molar-refractivity contribution in [3.63, 3.8) is 0 Å². The Bertz CT molecular complexity index is 1050. The van der Waals surface area contributed by atoms with Crippen LogP contribution in [0.5, 0.6) is 0 Å². The third-order valence-electron chi connectivity index (χ3n) is 8.46.